The standard InChI is InChI=1S/C24H34N2O5/c1-16(8-10-20(27)30-14-13-26-11-5-4-6-12-26)7-9-18-22(25)21-19(15-31-24(21)28)17(2)23(18)29-3/h7H,4-6,8-15,25H2,1-3H3/b16-7+. The van der Waals surface area contributed by atoms with Crippen molar-refractivity contribution >= 4 is 17.6 Å². The Morgan fingerprint density at radius 1 is 1.23 bits per heavy atom. The molecule has 2 N–H and O–H groups in total. The molecule has 0 saturated carbocycles. The van der Waals surface area contributed by atoms with E-state index in [1.165, 1.54) is 19.3 Å². The van der Waals surface area contributed by atoms with Gasteiger partial charge in [0.25, 0.3) is 0 Å². The second-order valence-electron chi connectivity index (χ2n) is 8.36. The van der Waals surface area contributed by atoms with Crippen LogP contribution in [0.15, 0.2) is 11.6 Å². The van der Waals surface area contributed by atoms with Gasteiger partial charge in [0, 0.05) is 24.1 Å². The second kappa shape index (κ2) is 10.7. The predicted molar refractivity (Wildman–Crippen MR) is 119 cm³/mol. The van der Waals surface area contributed by atoms with Crippen LogP contribution in [0.3, 0.4) is 0 Å². The molecule has 0 atom stereocenters. The first-order valence-corrected chi connectivity index (χ1v) is 11.1. The summed E-state index contributed by atoms with van der Waals surface area (Å²) >= 11 is 0. The Labute approximate surface area is 184 Å². The molecule has 0 unspecified atom stereocenters. The van der Waals surface area contributed by atoms with Crippen LogP contribution in [-0.2, 0) is 27.3 Å². The first-order chi connectivity index (χ1) is 14.9. The highest BCUT2D eigenvalue weighted by Crippen LogP contribution is 2.39. The van der Waals surface area contributed by atoms with Gasteiger partial charge in [-0.1, -0.05) is 18.1 Å². The van der Waals surface area contributed by atoms with Gasteiger partial charge < -0.3 is 19.9 Å². The molecule has 0 aliphatic carbocycles. The van der Waals surface area contributed by atoms with E-state index < -0.39 is 0 Å². The number of esters is 2. The number of benzene rings is 1. The molecule has 7 nitrogen and oxygen atoms in total. The Hall–Kier alpha value is -2.54. The number of ether oxygens (including phenoxy) is 3. The number of rotatable bonds is 9. The average molecular weight is 431 g/mol. The van der Waals surface area contributed by atoms with E-state index in [1.807, 2.05) is 19.9 Å². The minimum Gasteiger partial charge on any atom is -0.496 e. The van der Waals surface area contributed by atoms with Crippen LogP contribution in [0.5, 0.6) is 5.75 Å². The van der Waals surface area contributed by atoms with Gasteiger partial charge in [-0.2, -0.15) is 0 Å². The van der Waals surface area contributed by atoms with E-state index in [2.05, 4.69) is 4.90 Å². The molecule has 1 saturated heterocycles. The molecule has 1 aromatic rings. The number of methoxy groups -OCH3 is 1. The first kappa shape index (κ1) is 23.1. The van der Waals surface area contributed by atoms with Crippen LogP contribution < -0.4 is 10.5 Å². The van der Waals surface area contributed by atoms with Crippen LogP contribution in [0.4, 0.5) is 5.69 Å². The van der Waals surface area contributed by atoms with Crippen LogP contribution in [0.25, 0.3) is 0 Å². The number of anilines is 1. The van der Waals surface area contributed by atoms with Crippen molar-refractivity contribution in [2.75, 3.05) is 39.1 Å². The number of carbonyl (C=O) groups is 2. The number of hydrogen-bond donors (Lipinski definition) is 1. The number of fused-ring (bicyclic) bond motifs is 1. The van der Waals surface area contributed by atoms with Crippen LogP contribution in [0.2, 0.25) is 0 Å². The number of hydrogen-bond acceptors (Lipinski definition) is 7. The van der Waals surface area contributed by atoms with Crippen LogP contribution in [-0.4, -0.2) is 50.2 Å². The third-order valence-corrected chi connectivity index (χ3v) is 6.22. The summed E-state index contributed by atoms with van der Waals surface area (Å²) < 4.78 is 16.1. The minimum absolute atomic E-state index is 0.169. The quantitative estimate of drug-likeness (QED) is 0.364. The number of carbonyl (C=O) groups excluding carboxylic acids is 2. The smallest absolute Gasteiger partial charge is 0.341 e. The minimum atomic E-state index is -0.382. The summed E-state index contributed by atoms with van der Waals surface area (Å²) in [4.78, 5) is 26.5. The Balaban J connectivity index is 1.53. The Morgan fingerprint density at radius 2 is 1.97 bits per heavy atom. The lowest BCUT2D eigenvalue weighted by Gasteiger charge is -2.25. The first-order valence-electron chi connectivity index (χ1n) is 11.1. The van der Waals surface area contributed by atoms with E-state index in [4.69, 9.17) is 19.9 Å². The highest BCUT2D eigenvalue weighted by molar-refractivity contribution is 6.00. The summed E-state index contributed by atoms with van der Waals surface area (Å²) in [5, 5.41) is 0. The van der Waals surface area contributed by atoms with Crippen LogP contribution >= 0.6 is 0 Å². The summed E-state index contributed by atoms with van der Waals surface area (Å²) in [6.45, 7) is 7.62. The number of nitrogen functional groups attached to an aromatic ring is 1. The van der Waals surface area contributed by atoms with Crippen molar-refractivity contribution in [2.45, 2.75) is 59.0 Å². The van der Waals surface area contributed by atoms with Gasteiger partial charge in [0.1, 0.15) is 19.0 Å². The molecule has 2 aliphatic heterocycles. The van der Waals surface area contributed by atoms with Crippen molar-refractivity contribution in [2.24, 2.45) is 0 Å². The summed E-state index contributed by atoms with van der Waals surface area (Å²) in [7, 11) is 1.60. The molecule has 1 aromatic carbocycles. The predicted octanol–water partition coefficient (Wildman–Crippen LogP) is 3.55. The van der Waals surface area contributed by atoms with Crippen LogP contribution in [0, 0.1) is 6.92 Å². The molecule has 170 valence electrons. The van der Waals surface area contributed by atoms with Crippen molar-refractivity contribution in [1.82, 2.24) is 4.90 Å². The molecule has 1 fully saturated rings. The molecule has 0 spiro atoms. The van der Waals surface area contributed by atoms with Gasteiger partial charge in [0.2, 0.25) is 0 Å². The van der Waals surface area contributed by atoms with Gasteiger partial charge in [-0.25, -0.2) is 4.79 Å². The Morgan fingerprint density at radius 3 is 2.68 bits per heavy atom. The second-order valence-corrected chi connectivity index (χ2v) is 8.36. The lowest BCUT2D eigenvalue weighted by atomic mass is 9.94. The Kier molecular flexibility index (Phi) is 7.96. The topological polar surface area (TPSA) is 91.1 Å². The normalized spacial score (nSPS) is 16.7. The lowest BCUT2D eigenvalue weighted by Crippen LogP contribution is -2.33. The summed E-state index contributed by atoms with van der Waals surface area (Å²) in [5.41, 5.74) is 10.7. The molecular formula is C24H34N2O5. The third-order valence-electron chi connectivity index (χ3n) is 6.22. The van der Waals surface area contributed by atoms with Crippen molar-refractivity contribution in [3.8, 4) is 5.75 Å². The summed E-state index contributed by atoms with van der Waals surface area (Å²) in [6, 6.07) is 0. The van der Waals surface area contributed by atoms with Crippen molar-refractivity contribution in [3.05, 3.63) is 33.9 Å². The average Bonchev–Trinajstić information content (AvgIpc) is 3.16. The van der Waals surface area contributed by atoms with E-state index in [1.54, 1.807) is 7.11 Å². The lowest BCUT2D eigenvalue weighted by molar-refractivity contribution is -0.144. The van der Waals surface area contributed by atoms with E-state index >= 15 is 0 Å². The van der Waals surface area contributed by atoms with Gasteiger partial charge in [-0.15, -0.1) is 0 Å². The fourth-order valence-corrected chi connectivity index (χ4v) is 4.31. The number of nitrogens with two attached hydrogens (primary N) is 1. The monoisotopic (exact) mass is 430 g/mol. The molecule has 2 aliphatic rings. The molecule has 0 aromatic heterocycles. The van der Waals surface area contributed by atoms with Crippen molar-refractivity contribution in [1.29, 1.82) is 0 Å². The zero-order valence-corrected chi connectivity index (χ0v) is 18.9. The number of nitrogens with zero attached hydrogens (tertiary/aromatic N) is 1. The number of piperidine rings is 1. The van der Waals surface area contributed by atoms with Gasteiger partial charge in [0.15, 0.2) is 0 Å². The van der Waals surface area contributed by atoms with Gasteiger partial charge in [-0.3, -0.25) is 9.69 Å². The maximum absolute atomic E-state index is 12.1. The molecule has 7 heteroatoms. The maximum Gasteiger partial charge on any atom is 0.341 e. The number of likely N-dealkylation sites (tertiary alicyclic amines) is 1. The highest BCUT2D eigenvalue weighted by Gasteiger charge is 2.30. The molecule has 0 radical (unpaired) electrons. The molecular weight excluding hydrogens is 396 g/mol. The van der Waals surface area contributed by atoms with E-state index in [-0.39, 0.29) is 18.5 Å². The van der Waals surface area contributed by atoms with E-state index in [0.29, 0.717) is 42.9 Å². The summed E-state index contributed by atoms with van der Waals surface area (Å²) in [6.07, 6.45) is 7.29. The highest BCUT2D eigenvalue weighted by atomic mass is 16.5. The Bertz CT molecular complexity index is 856. The molecule has 3 rings (SSSR count). The molecule has 0 amide bonds. The zero-order chi connectivity index (χ0) is 22.4. The maximum atomic E-state index is 12.1. The fourth-order valence-electron chi connectivity index (χ4n) is 4.31. The molecule has 2 heterocycles. The van der Waals surface area contributed by atoms with Crippen molar-refractivity contribution < 1.29 is 23.8 Å². The molecule has 31 heavy (non-hydrogen) atoms. The van der Waals surface area contributed by atoms with E-state index in [9.17, 15) is 9.59 Å². The summed E-state index contributed by atoms with van der Waals surface area (Å²) in [5.74, 6) is 0.140. The fraction of sp³-hybridized carbons (Fsp3) is 0.583. The van der Waals surface area contributed by atoms with Gasteiger partial charge in [-0.05, 0) is 58.2 Å². The zero-order valence-electron chi connectivity index (χ0n) is 18.9. The number of allylic oxidation sites excluding steroid dienone is 2. The van der Waals surface area contributed by atoms with Crippen molar-refractivity contribution in [3.63, 3.8) is 0 Å². The third kappa shape index (κ3) is 5.58. The molecule has 0 bridgehead atoms. The van der Waals surface area contributed by atoms with Gasteiger partial charge >= 0.3 is 11.9 Å². The SMILES string of the molecule is COc1c(C)c2c(c(N)c1C/C=C(\C)CCC(=O)OCCN1CCCCC1)C(=O)OC2. The largest absolute Gasteiger partial charge is 0.496 e. The van der Waals surface area contributed by atoms with Gasteiger partial charge in [0.05, 0.1) is 18.4 Å². The van der Waals surface area contributed by atoms with E-state index in [0.717, 1.165) is 41.9 Å². The number of cyclic esters (lactones) is 1. The van der Waals surface area contributed by atoms with Crippen LogP contribution in [0.1, 0.15) is 66.1 Å².